The number of hydrogen-bond donors (Lipinski definition) is 0. The Morgan fingerprint density at radius 1 is 0.357 bits per heavy atom. The molecule has 0 amide bonds. The Bertz CT molecular complexity index is 459. The molecular formula is C18H54N3SbSi6. The van der Waals surface area contributed by atoms with Gasteiger partial charge in [-0.1, -0.05) is 0 Å². The Balaban J connectivity index is 6.59. The van der Waals surface area contributed by atoms with Crippen molar-refractivity contribution in [1.29, 1.82) is 0 Å². The maximum absolute atomic E-state index is 3.09. The first-order valence-corrected chi connectivity index (χ1v) is 36.6. The monoisotopic (exact) mass is 601 g/mol. The third-order valence-electron chi connectivity index (χ3n) is 8.74. The zero-order valence-electron chi connectivity index (χ0n) is 22.8. The molecule has 0 heterocycles. The fourth-order valence-electron chi connectivity index (χ4n) is 2.73. The minimum atomic E-state index is -1.99. The van der Waals surface area contributed by atoms with E-state index in [9.17, 15) is 0 Å². The van der Waals surface area contributed by atoms with Crippen molar-refractivity contribution in [1.82, 2.24) is 8.17 Å². The molecule has 0 bridgehead atoms. The Hall–Kier alpha value is 2.00. The summed E-state index contributed by atoms with van der Waals surface area (Å²) in [6.07, 6.45) is 0. The summed E-state index contributed by atoms with van der Waals surface area (Å²) in [5.41, 5.74) is 0. The van der Waals surface area contributed by atoms with E-state index in [1.165, 1.54) is 0 Å². The topological polar surface area (TPSA) is 9.72 Å². The van der Waals surface area contributed by atoms with E-state index < -0.39 is 67.1 Å². The summed E-state index contributed by atoms with van der Waals surface area (Å²) in [4.78, 5) is 0. The van der Waals surface area contributed by atoms with Gasteiger partial charge in [0.05, 0.1) is 0 Å². The van der Waals surface area contributed by atoms with Crippen molar-refractivity contribution in [3.63, 3.8) is 0 Å². The Labute approximate surface area is 193 Å². The molecular weight excluding hydrogens is 548 g/mol. The van der Waals surface area contributed by atoms with Crippen LogP contribution in [0.5, 0.6) is 0 Å². The van der Waals surface area contributed by atoms with Crippen molar-refractivity contribution < 1.29 is 0 Å². The van der Waals surface area contributed by atoms with Crippen molar-refractivity contribution in [2.75, 3.05) is 21.1 Å². The third-order valence-corrected chi connectivity index (χ3v) is 86.7. The van der Waals surface area contributed by atoms with Crippen molar-refractivity contribution in [2.45, 2.75) is 98.2 Å². The molecule has 0 atom stereocenters. The SMILES string of the molecule is C[N]([Sb]([N](C)[Si](C)(C)[Si](C)(C)C)[N](C)[Si](C)(C)[Si](C)(C)C)[Si](C)(C)[Si](C)(C)C. The first-order chi connectivity index (χ1) is 11.8. The van der Waals surface area contributed by atoms with Gasteiger partial charge >= 0.3 is 195 Å². The zero-order chi connectivity index (χ0) is 23.3. The standard InChI is InChI=1S/3C6H18NSi2.Sb/c3*1-7-9(5,6)8(2,3)4;/h3*1-6H3;/q3*-1;+3. The summed E-state index contributed by atoms with van der Waals surface area (Å²) in [7, 11) is -0.208. The van der Waals surface area contributed by atoms with Crippen LogP contribution in [-0.4, -0.2) is 96.4 Å². The second kappa shape index (κ2) is 9.09. The second-order valence-electron chi connectivity index (χ2n) is 13.3. The van der Waals surface area contributed by atoms with Gasteiger partial charge < -0.3 is 0 Å². The van der Waals surface area contributed by atoms with Crippen LogP contribution in [0.3, 0.4) is 0 Å². The molecule has 0 saturated heterocycles. The molecule has 0 rings (SSSR count). The van der Waals surface area contributed by atoms with Crippen molar-refractivity contribution in [2.24, 2.45) is 0 Å². The average Bonchev–Trinajstić information content (AvgIpc) is 2.43. The summed E-state index contributed by atoms with van der Waals surface area (Å²) in [5.74, 6) is 0. The van der Waals surface area contributed by atoms with Gasteiger partial charge in [-0.05, 0) is 0 Å². The van der Waals surface area contributed by atoms with Gasteiger partial charge in [-0.2, -0.15) is 0 Å². The van der Waals surface area contributed by atoms with Crippen LogP contribution in [0.4, 0.5) is 0 Å². The molecule has 170 valence electrons. The maximum atomic E-state index is 3.09. The zero-order valence-corrected chi connectivity index (χ0v) is 31.3. The van der Waals surface area contributed by atoms with E-state index in [-0.39, 0.29) is 0 Å². The van der Waals surface area contributed by atoms with Crippen molar-refractivity contribution in [3.05, 3.63) is 0 Å². The van der Waals surface area contributed by atoms with Gasteiger partial charge in [0.1, 0.15) is 0 Å². The van der Waals surface area contributed by atoms with Crippen molar-refractivity contribution >= 4 is 67.1 Å². The number of nitrogens with zero attached hydrogens (tertiary/aromatic N) is 3. The molecule has 0 aromatic carbocycles. The minimum absolute atomic E-state index is 1.20. The van der Waals surface area contributed by atoms with E-state index in [0.717, 1.165) is 0 Å². The van der Waals surface area contributed by atoms with Gasteiger partial charge in [-0.15, -0.1) is 0 Å². The summed E-state index contributed by atoms with van der Waals surface area (Å²) < 4.78 is 9.27. The molecule has 10 heteroatoms. The predicted molar refractivity (Wildman–Crippen MR) is 152 cm³/mol. The van der Waals surface area contributed by atoms with Crippen LogP contribution in [0, 0.1) is 0 Å². The van der Waals surface area contributed by atoms with E-state index >= 15 is 0 Å². The first-order valence-electron chi connectivity index (χ1n) is 10.9. The molecule has 0 aromatic heterocycles. The van der Waals surface area contributed by atoms with Gasteiger partial charge in [0.25, 0.3) is 0 Å². The van der Waals surface area contributed by atoms with Gasteiger partial charge in [-0.25, -0.2) is 0 Å². The molecule has 0 aliphatic heterocycles. The van der Waals surface area contributed by atoms with Crippen LogP contribution in [0.1, 0.15) is 0 Å². The average molecular weight is 603 g/mol. The van der Waals surface area contributed by atoms with Crippen LogP contribution in [0.15, 0.2) is 0 Å². The normalized spacial score (nSPS) is 16.1. The van der Waals surface area contributed by atoms with Crippen LogP contribution in [-0.2, 0) is 0 Å². The van der Waals surface area contributed by atoms with Gasteiger partial charge in [-0.3, -0.25) is 0 Å². The molecule has 0 aromatic rings. The van der Waals surface area contributed by atoms with Crippen molar-refractivity contribution in [3.8, 4) is 0 Å². The predicted octanol–water partition coefficient (Wildman–Crippen LogP) is 5.63. The molecule has 0 unspecified atom stereocenters. The van der Waals surface area contributed by atoms with Gasteiger partial charge in [0.15, 0.2) is 0 Å². The molecule has 3 nitrogen and oxygen atoms in total. The Kier molecular flexibility index (Phi) is 9.74. The molecule has 28 heavy (non-hydrogen) atoms. The van der Waals surface area contributed by atoms with Gasteiger partial charge in [0, 0.05) is 0 Å². The third kappa shape index (κ3) is 5.86. The molecule has 0 radical (unpaired) electrons. The number of hydrogen-bond acceptors (Lipinski definition) is 3. The Morgan fingerprint density at radius 3 is 0.607 bits per heavy atom. The molecule has 0 saturated carbocycles. The summed E-state index contributed by atoms with van der Waals surface area (Å²) in [5, 5.41) is 0. The van der Waals surface area contributed by atoms with E-state index in [1.807, 2.05) is 0 Å². The molecule has 0 N–H and O–H groups in total. The van der Waals surface area contributed by atoms with E-state index in [1.54, 1.807) is 0 Å². The summed E-state index contributed by atoms with van der Waals surface area (Å²) in [6, 6.07) is 0. The van der Waals surface area contributed by atoms with Gasteiger partial charge in [0.2, 0.25) is 0 Å². The Morgan fingerprint density at radius 2 is 0.500 bits per heavy atom. The quantitative estimate of drug-likeness (QED) is 0.317. The van der Waals surface area contributed by atoms with Crippen LogP contribution < -0.4 is 0 Å². The van der Waals surface area contributed by atoms with Crippen LogP contribution in [0.2, 0.25) is 98.2 Å². The van der Waals surface area contributed by atoms with E-state index in [0.29, 0.717) is 0 Å². The fraction of sp³-hybridized carbons (Fsp3) is 1.00. The molecule has 0 aliphatic rings. The van der Waals surface area contributed by atoms with E-state index in [2.05, 4.69) is 128 Å². The van der Waals surface area contributed by atoms with Crippen LogP contribution in [0.25, 0.3) is 0 Å². The molecule has 0 spiro atoms. The summed E-state index contributed by atoms with van der Waals surface area (Å²) >= 11 is -1.99. The number of rotatable bonds is 9. The van der Waals surface area contributed by atoms with E-state index in [4.69, 9.17) is 0 Å². The molecule has 0 fully saturated rings. The summed E-state index contributed by atoms with van der Waals surface area (Å²) in [6.45, 7) is 39.7. The second-order valence-corrected chi connectivity index (χ2v) is 72.7. The fourth-order valence-corrected chi connectivity index (χ4v) is 66.4. The molecule has 0 aliphatic carbocycles. The van der Waals surface area contributed by atoms with Crippen LogP contribution >= 0.6 is 0 Å². The first kappa shape index (κ1) is 30.0.